The first kappa shape index (κ1) is 22.8. The lowest BCUT2D eigenvalue weighted by Crippen LogP contribution is -2.43. The van der Waals surface area contributed by atoms with Crippen molar-refractivity contribution in [1.29, 1.82) is 0 Å². The van der Waals surface area contributed by atoms with Gasteiger partial charge in [0.25, 0.3) is 0 Å². The maximum Gasteiger partial charge on any atom is 0.203 e. The summed E-state index contributed by atoms with van der Waals surface area (Å²) >= 11 is 0. The molecule has 0 aromatic heterocycles. The number of benzene rings is 3. The normalized spacial score (nSPS) is 14.0. The van der Waals surface area contributed by atoms with E-state index in [1.165, 1.54) is 5.56 Å². The lowest BCUT2D eigenvalue weighted by Gasteiger charge is -2.36. The highest BCUT2D eigenvalue weighted by atomic mass is 16.5. The van der Waals surface area contributed by atoms with E-state index in [4.69, 9.17) is 14.2 Å². The van der Waals surface area contributed by atoms with Crippen LogP contribution in [0.1, 0.15) is 18.4 Å². The van der Waals surface area contributed by atoms with Crippen molar-refractivity contribution in [3.8, 4) is 34.1 Å². The van der Waals surface area contributed by atoms with Crippen molar-refractivity contribution in [2.24, 2.45) is 0 Å². The summed E-state index contributed by atoms with van der Waals surface area (Å²) in [6.45, 7) is 2.82. The number of rotatable bonds is 8. The van der Waals surface area contributed by atoms with Crippen LogP contribution in [-0.2, 0) is 6.54 Å². The zero-order chi connectivity index (χ0) is 23.2. The molecule has 1 aliphatic heterocycles. The maximum absolute atomic E-state index is 9.77. The average Bonchev–Trinajstić information content (AvgIpc) is 2.87. The molecule has 1 fully saturated rings. The third kappa shape index (κ3) is 5.17. The topological polar surface area (TPSA) is 63.2 Å². The Morgan fingerprint density at radius 3 is 2.12 bits per heavy atom. The number of nitrogens with one attached hydrogen (secondary N) is 1. The Morgan fingerprint density at radius 1 is 0.848 bits per heavy atom. The van der Waals surface area contributed by atoms with E-state index in [9.17, 15) is 5.11 Å². The summed E-state index contributed by atoms with van der Waals surface area (Å²) in [5.74, 6) is 2.15. The van der Waals surface area contributed by atoms with Gasteiger partial charge < -0.3 is 29.5 Å². The Kier molecular flexibility index (Phi) is 7.25. The number of hydrogen-bond donors (Lipinski definition) is 2. The Morgan fingerprint density at radius 2 is 1.52 bits per heavy atom. The summed E-state index contributed by atoms with van der Waals surface area (Å²) in [4.78, 5) is 2.45. The molecule has 4 rings (SSSR count). The minimum Gasteiger partial charge on any atom is -0.508 e. The van der Waals surface area contributed by atoms with Gasteiger partial charge in [0.15, 0.2) is 11.5 Å². The van der Waals surface area contributed by atoms with E-state index in [1.807, 2.05) is 24.3 Å². The fourth-order valence-corrected chi connectivity index (χ4v) is 4.49. The van der Waals surface area contributed by atoms with Gasteiger partial charge in [0.2, 0.25) is 5.75 Å². The van der Waals surface area contributed by atoms with E-state index < -0.39 is 0 Å². The van der Waals surface area contributed by atoms with E-state index >= 15 is 0 Å². The molecule has 3 aromatic carbocycles. The van der Waals surface area contributed by atoms with Gasteiger partial charge in [-0.05, 0) is 85.1 Å². The largest absolute Gasteiger partial charge is 0.508 e. The summed E-state index contributed by atoms with van der Waals surface area (Å²) in [6, 6.07) is 20.5. The zero-order valence-electron chi connectivity index (χ0n) is 19.5. The first-order chi connectivity index (χ1) is 16.1. The van der Waals surface area contributed by atoms with Crippen molar-refractivity contribution < 1.29 is 19.3 Å². The monoisotopic (exact) mass is 448 g/mol. The highest BCUT2D eigenvalue weighted by Crippen LogP contribution is 2.41. The van der Waals surface area contributed by atoms with E-state index in [1.54, 1.807) is 33.5 Å². The molecule has 0 saturated carbocycles. The summed E-state index contributed by atoms with van der Waals surface area (Å²) in [6.07, 6.45) is 2.18. The number of methoxy groups -OCH3 is 3. The van der Waals surface area contributed by atoms with Crippen molar-refractivity contribution in [3.63, 3.8) is 0 Å². The van der Waals surface area contributed by atoms with Crippen LogP contribution in [0.25, 0.3) is 11.1 Å². The van der Waals surface area contributed by atoms with Gasteiger partial charge in [-0.2, -0.15) is 0 Å². The molecule has 6 heteroatoms. The van der Waals surface area contributed by atoms with Gasteiger partial charge in [0.05, 0.1) is 21.3 Å². The molecule has 2 N–H and O–H groups in total. The minimum absolute atomic E-state index is 0.286. The number of phenolic OH excluding ortho intramolecular Hbond substituents is 1. The fraction of sp³-hybridized carbons (Fsp3) is 0.333. The summed E-state index contributed by atoms with van der Waals surface area (Å²) in [7, 11) is 4.87. The molecule has 6 nitrogen and oxygen atoms in total. The molecule has 1 aliphatic rings. The van der Waals surface area contributed by atoms with Crippen LogP contribution in [-0.4, -0.2) is 45.6 Å². The third-order valence-electron chi connectivity index (χ3n) is 6.21. The lowest BCUT2D eigenvalue weighted by atomic mass is 9.99. The van der Waals surface area contributed by atoms with Crippen LogP contribution in [0.2, 0.25) is 0 Å². The summed E-state index contributed by atoms with van der Waals surface area (Å²) in [5, 5.41) is 13.2. The predicted octanol–water partition coefficient (Wildman–Crippen LogP) is 4.84. The van der Waals surface area contributed by atoms with Crippen LogP contribution >= 0.6 is 0 Å². The molecule has 33 heavy (non-hydrogen) atoms. The number of anilines is 1. The molecule has 0 amide bonds. The molecular formula is C27H32N2O4. The van der Waals surface area contributed by atoms with E-state index in [0.717, 1.165) is 49.3 Å². The number of nitrogens with zero attached hydrogens (tertiary/aromatic N) is 1. The van der Waals surface area contributed by atoms with Gasteiger partial charge in [-0.1, -0.05) is 18.2 Å². The van der Waals surface area contributed by atoms with Crippen molar-refractivity contribution >= 4 is 5.69 Å². The number of phenols is 1. The second kappa shape index (κ2) is 10.5. The van der Waals surface area contributed by atoms with Crippen LogP contribution < -0.4 is 24.4 Å². The van der Waals surface area contributed by atoms with E-state index in [2.05, 4.69) is 34.5 Å². The number of aromatic hydroxyl groups is 1. The Labute approximate surface area is 195 Å². The number of hydrogen-bond acceptors (Lipinski definition) is 6. The smallest absolute Gasteiger partial charge is 0.203 e. The molecule has 1 saturated heterocycles. The first-order valence-electron chi connectivity index (χ1n) is 11.3. The predicted molar refractivity (Wildman–Crippen MR) is 132 cm³/mol. The number of ether oxygens (including phenoxy) is 3. The Bertz CT molecular complexity index is 1040. The number of piperidine rings is 1. The highest BCUT2D eigenvalue weighted by Gasteiger charge is 2.22. The van der Waals surface area contributed by atoms with E-state index in [0.29, 0.717) is 23.3 Å². The average molecular weight is 449 g/mol. The van der Waals surface area contributed by atoms with Crippen LogP contribution in [0.15, 0.2) is 60.7 Å². The summed E-state index contributed by atoms with van der Waals surface area (Å²) < 4.78 is 16.6. The summed E-state index contributed by atoms with van der Waals surface area (Å²) in [5.41, 5.74) is 4.43. The molecule has 0 bridgehead atoms. The zero-order valence-corrected chi connectivity index (χ0v) is 19.5. The van der Waals surface area contributed by atoms with Crippen molar-refractivity contribution in [2.45, 2.75) is 25.4 Å². The highest BCUT2D eigenvalue weighted by molar-refractivity contribution is 5.71. The Balaban J connectivity index is 1.66. The fourth-order valence-electron chi connectivity index (χ4n) is 4.49. The van der Waals surface area contributed by atoms with Gasteiger partial charge in [0, 0.05) is 18.3 Å². The molecule has 0 aliphatic carbocycles. The van der Waals surface area contributed by atoms with Gasteiger partial charge in [0.1, 0.15) is 5.75 Å². The van der Waals surface area contributed by atoms with Gasteiger partial charge in [-0.15, -0.1) is 0 Å². The quantitative estimate of drug-likeness (QED) is 0.514. The maximum atomic E-state index is 9.77. The lowest BCUT2D eigenvalue weighted by molar-refractivity contribution is 0.324. The SMILES string of the molecule is COc1cc(-c2cccc(CN(c3ccc(O)cc3)C3CCNCC3)c2)cc(OC)c1OC. The molecule has 3 aromatic rings. The van der Waals surface area contributed by atoms with Crippen LogP contribution in [0.5, 0.6) is 23.0 Å². The first-order valence-corrected chi connectivity index (χ1v) is 11.3. The second-order valence-corrected chi connectivity index (χ2v) is 8.24. The van der Waals surface area contributed by atoms with Gasteiger partial charge in [-0.3, -0.25) is 0 Å². The molecule has 174 valence electrons. The molecule has 1 heterocycles. The molecule has 0 atom stereocenters. The molecule has 0 radical (unpaired) electrons. The molecule has 0 spiro atoms. The molecule has 0 unspecified atom stereocenters. The van der Waals surface area contributed by atoms with Crippen molar-refractivity contribution in [3.05, 3.63) is 66.2 Å². The van der Waals surface area contributed by atoms with Crippen molar-refractivity contribution in [2.75, 3.05) is 39.3 Å². The second-order valence-electron chi connectivity index (χ2n) is 8.24. The molecular weight excluding hydrogens is 416 g/mol. The third-order valence-corrected chi connectivity index (χ3v) is 6.21. The van der Waals surface area contributed by atoms with Crippen LogP contribution in [0.4, 0.5) is 5.69 Å². The standard InChI is InChI=1S/C27H32N2O4/c1-31-25-16-21(17-26(32-2)27(25)33-3)20-6-4-5-19(15-20)18-29(23-11-13-28-14-12-23)22-7-9-24(30)10-8-22/h4-10,15-17,23,28,30H,11-14,18H2,1-3H3. The van der Waals surface area contributed by atoms with Crippen LogP contribution in [0, 0.1) is 0 Å². The van der Waals surface area contributed by atoms with Crippen LogP contribution in [0.3, 0.4) is 0 Å². The van der Waals surface area contributed by atoms with Crippen molar-refractivity contribution in [1.82, 2.24) is 5.32 Å². The van der Waals surface area contributed by atoms with E-state index in [-0.39, 0.29) is 5.75 Å². The minimum atomic E-state index is 0.286. The van der Waals surface area contributed by atoms with Gasteiger partial charge in [-0.25, -0.2) is 0 Å². The Hall–Kier alpha value is -3.38. The van der Waals surface area contributed by atoms with Gasteiger partial charge >= 0.3 is 0 Å².